The van der Waals surface area contributed by atoms with E-state index in [1.165, 1.54) is 44.1 Å². The lowest BCUT2D eigenvalue weighted by Gasteiger charge is -2.44. The van der Waals surface area contributed by atoms with Crippen molar-refractivity contribution in [3.63, 3.8) is 0 Å². The van der Waals surface area contributed by atoms with Gasteiger partial charge in [0.05, 0.1) is 24.4 Å². The molecule has 3 nitrogen and oxygen atoms in total. The van der Waals surface area contributed by atoms with Gasteiger partial charge in [-0.05, 0) is 100 Å². The van der Waals surface area contributed by atoms with Crippen LogP contribution in [0.2, 0.25) is 0 Å². The molecule has 0 radical (unpaired) electrons. The molecule has 3 aliphatic carbocycles. The molecule has 0 spiro atoms. The molecule has 3 saturated carbocycles. The Kier molecular flexibility index (Phi) is 7.39. The van der Waals surface area contributed by atoms with E-state index in [4.69, 9.17) is 4.74 Å². The van der Waals surface area contributed by atoms with E-state index >= 15 is 0 Å². The highest BCUT2D eigenvalue weighted by Crippen LogP contribution is 2.60. The number of aliphatic hydroxyl groups excluding tert-OH is 1. The summed E-state index contributed by atoms with van der Waals surface area (Å²) in [6, 6.07) is 0. The van der Waals surface area contributed by atoms with Crippen molar-refractivity contribution in [3.8, 4) is 0 Å². The number of ether oxygens (including phenoxy) is 1. The quantitative estimate of drug-likeness (QED) is 0.461. The summed E-state index contributed by atoms with van der Waals surface area (Å²) in [5.74, 6) is 2.24. The molecule has 3 heteroatoms. The molecule has 2 N–H and O–H groups in total. The Hall–Kier alpha value is -0.900. The van der Waals surface area contributed by atoms with Gasteiger partial charge in [0.25, 0.3) is 0 Å². The molecule has 0 aromatic heterocycles. The van der Waals surface area contributed by atoms with E-state index in [-0.39, 0.29) is 12.2 Å². The molecule has 0 saturated heterocycles. The SMILES string of the molecule is C[C@H](CCCC(C)(C)O)C1CC[C@H]2/C(=C/C=C3/C[C@@H](O)C4=CCCO[C@@H]4C3)CCC[C@]12C. The molecule has 0 aromatic carbocycles. The van der Waals surface area contributed by atoms with Crippen LogP contribution in [-0.4, -0.2) is 34.6 Å². The lowest BCUT2D eigenvalue weighted by atomic mass is 9.60. The lowest BCUT2D eigenvalue weighted by molar-refractivity contribution is 0.0368. The second-order valence-electron chi connectivity index (χ2n) is 12.1. The molecule has 1 heterocycles. The van der Waals surface area contributed by atoms with Crippen LogP contribution in [0, 0.1) is 23.2 Å². The van der Waals surface area contributed by atoms with Crippen molar-refractivity contribution in [2.75, 3.05) is 6.61 Å². The van der Waals surface area contributed by atoms with Crippen molar-refractivity contribution in [1.29, 1.82) is 0 Å². The first-order valence-electron chi connectivity index (χ1n) is 13.3. The molecule has 1 unspecified atom stereocenters. The minimum atomic E-state index is -0.540. The summed E-state index contributed by atoms with van der Waals surface area (Å²) in [6.45, 7) is 9.67. The highest BCUT2D eigenvalue weighted by molar-refractivity contribution is 5.31. The van der Waals surface area contributed by atoms with Gasteiger partial charge in [0.2, 0.25) is 0 Å². The number of rotatable bonds is 6. The van der Waals surface area contributed by atoms with Crippen molar-refractivity contribution in [2.24, 2.45) is 23.2 Å². The molecular weight excluding hydrogens is 396 g/mol. The summed E-state index contributed by atoms with van der Waals surface area (Å²) in [4.78, 5) is 0. The molecule has 1 aliphatic heterocycles. The normalized spacial score (nSPS) is 39.0. The molecule has 4 aliphatic rings. The summed E-state index contributed by atoms with van der Waals surface area (Å²) in [7, 11) is 0. The Labute approximate surface area is 196 Å². The smallest absolute Gasteiger partial charge is 0.0847 e. The third kappa shape index (κ3) is 5.26. The van der Waals surface area contributed by atoms with E-state index in [2.05, 4.69) is 32.1 Å². The Balaban J connectivity index is 1.42. The fraction of sp³-hybridized carbons (Fsp3) is 0.793. The third-order valence-corrected chi connectivity index (χ3v) is 9.18. The maximum atomic E-state index is 10.6. The van der Waals surface area contributed by atoms with Gasteiger partial charge in [-0.1, -0.05) is 56.1 Å². The van der Waals surface area contributed by atoms with Crippen LogP contribution >= 0.6 is 0 Å². The van der Waals surface area contributed by atoms with Crippen molar-refractivity contribution >= 4 is 0 Å². The molecular formula is C29H46O3. The summed E-state index contributed by atoms with van der Waals surface area (Å²) in [5.41, 5.74) is 3.99. The van der Waals surface area contributed by atoms with E-state index in [1.54, 1.807) is 5.57 Å². The minimum absolute atomic E-state index is 0.0920. The van der Waals surface area contributed by atoms with Gasteiger partial charge in [0.15, 0.2) is 0 Å². The average molecular weight is 443 g/mol. The second kappa shape index (κ2) is 9.76. The first kappa shape index (κ1) is 24.2. The topological polar surface area (TPSA) is 49.7 Å². The fourth-order valence-electron chi connectivity index (χ4n) is 7.51. The Bertz CT molecular complexity index is 755. The van der Waals surface area contributed by atoms with Crippen LogP contribution < -0.4 is 0 Å². The number of hydrogen-bond acceptors (Lipinski definition) is 3. The van der Waals surface area contributed by atoms with Crippen LogP contribution in [0.1, 0.15) is 98.3 Å². The lowest BCUT2D eigenvalue weighted by Crippen LogP contribution is -2.36. The minimum Gasteiger partial charge on any atom is -0.390 e. The van der Waals surface area contributed by atoms with Gasteiger partial charge in [-0.25, -0.2) is 0 Å². The third-order valence-electron chi connectivity index (χ3n) is 9.18. The second-order valence-corrected chi connectivity index (χ2v) is 12.1. The fourth-order valence-corrected chi connectivity index (χ4v) is 7.51. The van der Waals surface area contributed by atoms with Crippen LogP contribution in [0.5, 0.6) is 0 Å². The highest BCUT2D eigenvalue weighted by Gasteiger charge is 2.50. The zero-order chi connectivity index (χ0) is 22.9. The predicted octanol–water partition coefficient (Wildman–Crippen LogP) is 6.50. The largest absolute Gasteiger partial charge is 0.390 e. The van der Waals surface area contributed by atoms with Gasteiger partial charge >= 0.3 is 0 Å². The van der Waals surface area contributed by atoms with E-state index < -0.39 is 5.60 Å². The van der Waals surface area contributed by atoms with Gasteiger partial charge in [0.1, 0.15) is 0 Å². The van der Waals surface area contributed by atoms with E-state index in [0.717, 1.165) is 56.1 Å². The maximum Gasteiger partial charge on any atom is 0.0847 e. The number of aliphatic hydroxyl groups is 2. The molecule has 180 valence electrons. The van der Waals surface area contributed by atoms with Gasteiger partial charge in [-0.3, -0.25) is 0 Å². The van der Waals surface area contributed by atoms with E-state index in [0.29, 0.717) is 11.3 Å². The molecule has 6 atom stereocenters. The Morgan fingerprint density at radius 1 is 1.25 bits per heavy atom. The van der Waals surface area contributed by atoms with Gasteiger partial charge in [-0.2, -0.15) is 0 Å². The maximum absolute atomic E-state index is 10.6. The summed E-state index contributed by atoms with van der Waals surface area (Å²) in [5, 5.41) is 20.7. The van der Waals surface area contributed by atoms with Crippen LogP contribution in [0.4, 0.5) is 0 Å². The summed E-state index contributed by atoms with van der Waals surface area (Å²) in [6.07, 6.45) is 19.1. The average Bonchev–Trinajstić information content (AvgIpc) is 3.09. The van der Waals surface area contributed by atoms with Crippen LogP contribution in [0.15, 0.2) is 34.9 Å². The zero-order valence-corrected chi connectivity index (χ0v) is 20.9. The molecule has 0 bridgehead atoms. The first-order chi connectivity index (χ1) is 15.2. The standard InChI is InChI=1S/C29H46O3/c1-20(8-5-15-28(2,3)31)24-13-14-25-22(9-6-16-29(24,25)4)12-11-21-18-26(30)23-10-7-17-32-27(23)19-21/h10-12,20,24-27,30-31H,5-9,13-19H2,1-4H3/b21-11-,22-12+/t20-,24?,25+,26-,27-,29-/m1/s1. The van der Waals surface area contributed by atoms with Crippen LogP contribution in [-0.2, 0) is 4.74 Å². The number of allylic oxidation sites excluding steroid dienone is 3. The summed E-state index contributed by atoms with van der Waals surface area (Å²) < 4.78 is 5.95. The molecule has 32 heavy (non-hydrogen) atoms. The van der Waals surface area contributed by atoms with Gasteiger partial charge in [0, 0.05) is 0 Å². The van der Waals surface area contributed by atoms with E-state index in [9.17, 15) is 10.2 Å². The predicted molar refractivity (Wildman–Crippen MR) is 131 cm³/mol. The molecule has 0 aromatic rings. The van der Waals surface area contributed by atoms with Gasteiger partial charge in [-0.15, -0.1) is 0 Å². The van der Waals surface area contributed by atoms with Crippen LogP contribution in [0.25, 0.3) is 0 Å². The summed E-state index contributed by atoms with van der Waals surface area (Å²) >= 11 is 0. The monoisotopic (exact) mass is 442 g/mol. The van der Waals surface area contributed by atoms with Crippen molar-refractivity contribution < 1.29 is 14.9 Å². The molecule has 3 fully saturated rings. The van der Waals surface area contributed by atoms with Crippen molar-refractivity contribution in [1.82, 2.24) is 0 Å². The first-order valence-corrected chi connectivity index (χ1v) is 13.3. The van der Waals surface area contributed by atoms with E-state index in [1.807, 2.05) is 13.8 Å². The van der Waals surface area contributed by atoms with Crippen molar-refractivity contribution in [2.45, 2.75) is 116 Å². The highest BCUT2D eigenvalue weighted by atomic mass is 16.5. The molecule has 4 rings (SSSR count). The van der Waals surface area contributed by atoms with Crippen LogP contribution in [0.3, 0.4) is 0 Å². The van der Waals surface area contributed by atoms with Gasteiger partial charge < -0.3 is 14.9 Å². The Morgan fingerprint density at radius 2 is 2.06 bits per heavy atom. The van der Waals surface area contributed by atoms with Crippen molar-refractivity contribution in [3.05, 3.63) is 34.9 Å². The Morgan fingerprint density at radius 3 is 2.84 bits per heavy atom. The number of fused-ring (bicyclic) bond motifs is 2. The number of hydrogen-bond donors (Lipinski definition) is 2. The molecule has 0 amide bonds. The zero-order valence-electron chi connectivity index (χ0n) is 20.9.